The molecule has 0 saturated carbocycles. The van der Waals surface area contributed by atoms with Crippen LogP contribution in [-0.4, -0.2) is 24.3 Å². The van der Waals surface area contributed by atoms with E-state index in [-0.39, 0.29) is 28.8 Å². The van der Waals surface area contributed by atoms with Gasteiger partial charge in [-0.3, -0.25) is 4.79 Å². The van der Waals surface area contributed by atoms with Crippen LogP contribution in [0.1, 0.15) is 10.4 Å². The third-order valence-electron chi connectivity index (χ3n) is 2.59. The SMILES string of the molecule is COc1cc(/C=N/NC(=O)Cc2cccs2)cc(Cl)c1O. The van der Waals surface area contributed by atoms with E-state index in [0.29, 0.717) is 5.56 Å². The van der Waals surface area contributed by atoms with Gasteiger partial charge in [0.1, 0.15) is 0 Å². The van der Waals surface area contributed by atoms with Gasteiger partial charge in [0.15, 0.2) is 11.5 Å². The van der Waals surface area contributed by atoms with Crippen molar-refractivity contribution in [3.8, 4) is 11.5 Å². The van der Waals surface area contributed by atoms with Gasteiger partial charge >= 0.3 is 0 Å². The lowest BCUT2D eigenvalue weighted by atomic mass is 10.2. The number of rotatable bonds is 5. The molecular weight excluding hydrogens is 312 g/mol. The summed E-state index contributed by atoms with van der Waals surface area (Å²) in [5.41, 5.74) is 3.03. The molecule has 1 amide bonds. The third kappa shape index (κ3) is 4.21. The first-order valence-electron chi connectivity index (χ1n) is 6.01. The molecule has 2 rings (SSSR count). The summed E-state index contributed by atoms with van der Waals surface area (Å²) in [6.07, 6.45) is 1.72. The number of carbonyl (C=O) groups is 1. The number of phenols is 1. The Hall–Kier alpha value is -2.05. The predicted molar refractivity (Wildman–Crippen MR) is 83.4 cm³/mol. The first kappa shape index (κ1) is 15.3. The van der Waals surface area contributed by atoms with Gasteiger partial charge in [0.2, 0.25) is 5.91 Å². The summed E-state index contributed by atoms with van der Waals surface area (Å²) in [7, 11) is 1.43. The van der Waals surface area contributed by atoms with Gasteiger partial charge in [0.25, 0.3) is 0 Å². The Morgan fingerprint density at radius 3 is 3.05 bits per heavy atom. The molecule has 7 heteroatoms. The van der Waals surface area contributed by atoms with Gasteiger partial charge in [-0.25, -0.2) is 5.43 Å². The topological polar surface area (TPSA) is 70.9 Å². The fourth-order valence-electron chi connectivity index (χ4n) is 1.61. The second-order valence-corrected chi connectivity index (χ2v) is 5.54. The first-order valence-corrected chi connectivity index (χ1v) is 7.26. The lowest BCUT2D eigenvalue weighted by molar-refractivity contribution is -0.120. The Morgan fingerprint density at radius 2 is 2.38 bits per heavy atom. The summed E-state index contributed by atoms with van der Waals surface area (Å²) in [6, 6.07) is 6.87. The Kier molecular flexibility index (Phi) is 5.19. The van der Waals surface area contributed by atoms with E-state index in [1.165, 1.54) is 30.7 Å². The molecule has 21 heavy (non-hydrogen) atoms. The number of aromatic hydroxyl groups is 1. The van der Waals surface area contributed by atoms with Crippen LogP contribution in [0.2, 0.25) is 5.02 Å². The van der Waals surface area contributed by atoms with Crippen LogP contribution >= 0.6 is 22.9 Å². The van der Waals surface area contributed by atoms with E-state index < -0.39 is 0 Å². The van der Waals surface area contributed by atoms with E-state index in [1.807, 2.05) is 17.5 Å². The van der Waals surface area contributed by atoms with E-state index in [0.717, 1.165) is 4.88 Å². The van der Waals surface area contributed by atoms with E-state index in [9.17, 15) is 9.90 Å². The summed E-state index contributed by atoms with van der Waals surface area (Å²) in [6.45, 7) is 0. The number of methoxy groups -OCH3 is 1. The van der Waals surface area contributed by atoms with Gasteiger partial charge in [-0.05, 0) is 29.1 Å². The maximum Gasteiger partial charge on any atom is 0.245 e. The van der Waals surface area contributed by atoms with Crippen LogP contribution in [0, 0.1) is 0 Å². The van der Waals surface area contributed by atoms with Crippen LogP contribution in [-0.2, 0) is 11.2 Å². The van der Waals surface area contributed by atoms with Crippen molar-refractivity contribution in [2.45, 2.75) is 6.42 Å². The fraction of sp³-hybridized carbons (Fsp3) is 0.143. The molecule has 2 N–H and O–H groups in total. The van der Waals surface area contributed by atoms with Gasteiger partial charge in [-0.1, -0.05) is 17.7 Å². The number of thiophene rings is 1. The molecule has 0 bridgehead atoms. The number of phenolic OH excluding ortho intramolecular Hbond substituents is 1. The van der Waals surface area contributed by atoms with Crippen molar-refractivity contribution in [3.63, 3.8) is 0 Å². The molecular formula is C14H13ClN2O3S. The minimum Gasteiger partial charge on any atom is -0.503 e. The molecule has 0 saturated heterocycles. The Balaban J connectivity index is 1.98. The number of carbonyl (C=O) groups excluding carboxylic acids is 1. The normalized spacial score (nSPS) is 10.8. The van der Waals surface area contributed by atoms with E-state index in [1.54, 1.807) is 6.07 Å². The summed E-state index contributed by atoms with van der Waals surface area (Å²) in [5, 5.41) is 15.5. The molecule has 1 heterocycles. The Bertz CT molecular complexity index is 656. The zero-order valence-electron chi connectivity index (χ0n) is 11.2. The van der Waals surface area contributed by atoms with Crippen molar-refractivity contribution >= 4 is 35.1 Å². The van der Waals surface area contributed by atoms with E-state index in [2.05, 4.69) is 10.5 Å². The number of ether oxygens (including phenoxy) is 1. The number of nitrogens with zero attached hydrogens (tertiary/aromatic N) is 1. The van der Waals surface area contributed by atoms with Crippen LogP contribution < -0.4 is 10.2 Å². The van der Waals surface area contributed by atoms with Gasteiger partial charge in [-0.2, -0.15) is 5.10 Å². The molecule has 1 aromatic carbocycles. The van der Waals surface area contributed by atoms with Crippen molar-refractivity contribution in [1.82, 2.24) is 5.43 Å². The van der Waals surface area contributed by atoms with Gasteiger partial charge in [0.05, 0.1) is 24.8 Å². The Labute approximate surface area is 130 Å². The molecule has 2 aromatic rings. The number of hydrazone groups is 1. The maximum atomic E-state index is 11.6. The molecule has 0 aliphatic rings. The first-order chi connectivity index (χ1) is 10.1. The fourth-order valence-corrected chi connectivity index (χ4v) is 2.54. The standard InChI is InChI=1S/C14H13ClN2O3S/c1-20-12-6-9(5-11(15)14(12)19)8-16-17-13(18)7-10-3-2-4-21-10/h2-6,8,19H,7H2,1H3,(H,17,18)/b16-8+. The van der Waals surface area contributed by atoms with Crippen molar-refractivity contribution < 1.29 is 14.6 Å². The average Bonchev–Trinajstić information content (AvgIpc) is 2.95. The van der Waals surface area contributed by atoms with E-state index >= 15 is 0 Å². The monoisotopic (exact) mass is 324 g/mol. The highest BCUT2D eigenvalue weighted by Gasteiger charge is 2.08. The number of nitrogens with one attached hydrogen (secondary N) is 1. The summed E-state index contributed by atoms with van der Waals surface area (Å²) >= 11 is 7.37. The average molecular weight is 325 g/mol. The maximum absolute atomic E-state index is 11.6. The molecule has 1 aromatic heterocycles. The second-order valence-electron chi connectivity index (χ2n) is 4.10. The summed E-state index contributed by atoms with van der Waals surface area (Å²) < 4.78 is 4.98. The molecule has 0 spiro atoms. The van der Waals surface area contributed by atoms with Crippen LogP contribution in [0.5, 0.6) is 11.5 Å². The smallest absolute Gasteiger partial charge is 0.245 e. The molecule has 0 aliphatic heterocycles. The van der Waals surface area contributed by atoms with Crippen LogP contribution in [0.4, 0.5) is 0 Å². The lowest BCUT2D eigenvalue weighted by Crippen LogP contribution is -2.19. The quantitative estimate of drug-likeness (QED) is 0.656. The molecule has 110 valence electrons. The van der Waals surface area contributed by atoms with Crippen molar-refractivity contribution in [2.75, 3.05) is 7.11 Å². The zero-order chi connectivity index (χ0) is 15.2. The number of hydrogen-bond donors (Lipinski definition) is 2. The molecule has 0 unspecified atom stereocenters. The van der Waals surface area contributed by atoms with E-state index in [4.69, 9.17) is 16.3 Å². The highest BCUT2D eigenvalue weighted by atomic mass is 35.5. The summed E-state index contributed by atoms with van der Waals surface area (Å²) in [5.74, 6) is -0.0857. The van der Waals surface area contributed by atoms with Gasteiger partial charge in [-0.15, -0.1) is 11.3 Å². The second kappa shape index (κ2) is 7.10. The van der Waals surface area contributed by atoms with Crippen molar-refractivity contribution in [1.29, 1.82) is 0 Å². The highest BCUT2D eigenvalue weighted by molar-refractivity contribution is 7.10. The van der Waals surface area contributed by atoms with Gasteiger partial charge in [0, 0.05) is 4.88 Å². The number of halogens is 1. The van der Waals surface area contributed by atoms with Gasteiger partial charge < -0.3 is 9.84 Å². The molecule has 0 fully saturated rings. The van der Waals surface area contributed by atoms with Crippen molar-refractivity contribution in [3.05, 3.63) is 45.1 Å². The predicted octanol–water partition coefficient (Wildman–Crippen LogP) is 2.81. The van der Waals surface area contributed by atoms with Crippen LogP contribution in [0.25, 0.3) is 0 Å². The Morgan fingerprint density at radius 1 is 1.57 bits per heavy atom. The molecule has 0 aliphatic carbocycles. The minimum atomic E-state index is -0.203. The summed E-state index contributed by atoms with van der Waals surface area (Å²) in [4.78, 5) is 12.6. The minimum absolute atomic E-state index is 0.127. The largest absolute Gasteiger partial charge is 0.503 e. The molecule has 0 atom stereocenters. The number of amides is 1. The van der Waals surface area contributed by atoms with Crippen LogP contribution in [0.15, 0.2) is 34.7 Å². The zero-order valence-corrected chi connectivity index (χ0v) is 12.7. The van der Waals surface area contributed by atoms with Crippen molar-refractivity contribution in [2.24, 2.45) is 5.10 Å². The molecule has 5 nitrogen and oxygen atoms in total. The number of hydrogen-bond acceptors (Lipinski definition) is 5. The number of benzene rings is 1. The highest BCUT2D eigenvalue weighted by Crippen LogP contribution is 2.34. The lowest BCUT2D eigenvalue weighted by Gasteiger charge is -2.06. The van der Waals surface area contributed by atoms with Crippen LogP contribution in [0.3, 0.4) is 0 Å². The third-order valence-corrected chi connectivity index (χ3v) is 3.75. The molecule has 0 radical (unpaired) electrons.